The van der Waals surface area contributed by atoms with Crippen LogP contribution in [-0.2, 0) is 0 Å². The summed E-state index contributed by atoms with van der Waals surface area (Å²) in [5.41, 5.74) is 0.575. The maximum atomic E-state index is 11.4. The van der Waals surface area contributed by atoms with Gasteiger partial charge in [-0.3, -0.25) is 4.79 Å². The van der Waals surface area contributed by atoms with E-state index in [-0.39, 0.29) is 12.2 Å². The molecule has 0 radical (unpaired) electrons. The van der Waals surface area contributed by atoms with Crippen LogP contribution in [0.1, 0.15) is 16.8 Å². The molecule has 0 atom stereocenters. The highest BCUT2D eigenvalue weighted by atomic mass is 16.5. The van der Waals surface area contributed by atoms with Gasteiger partial charge in [0.15, 0.2) is 5.78 Å². The van der Waals surface area contributed by atoms with Crippen molar-refractivity contribution in [1.82, 2.24) is 0 Å². The summed E-state index contributed by atoms with van der Waals surface area (Å²) in [4.78, 5) is 11.4. The molecule has 0 saturated heterocycles. The summed E-state index contributed by atoms with van der Waals surface area (Å²) >= 11 is 0. The number of carbonyl (C=O) groups excluding carboxylic acids is 1. The molecule has 1 rings (SSSR count). The van der Waals surface area contributed by atoms with Crippen molar-refractivity contribution in [1.29, 1.82) is 0 Å². The number of hydrogen-bond acceptors (Lipinski definition) is 4. The van der Waals surface area contributed by atoms with E-state index in [0.717, 1.165) is 6.21 Å². The molecule has 0 heterocycles. The topological polar surface area (TPSA) is 58.9 Å². The fourth-order valence-corrected chi connectivity index (χ4v) is 1.02. The fraction of sp³-hybridized carbons (Fsp3) is 0.200. The van der Waals surface area contributed by atoms with E-state index in [1.54, 1.807) is 31.4 Å². The predicted molar refractivity (Wildman–Crippen MR) is 52.2 cm³/mol. The Kier molecular flexibility index (Phi) is 3.67. The summed E-state index contributed by atoms with van der Waals surface area (Å²) in [6, 6.07) is 6.77. The Hall–Kier alpha value is -1.84. The molecule has 0 aliphatic heterocycles. The Bertz CT molecular complexity index is 330. The Balaban J connectivity index is 2.71. The third-order valence-electron chi connectivity index (χ3n) is 1.77. The number of benzene rings is 1. The molecule has 74 valence electrons. The van der Waals surface area contributed by atoms with Crippen LogP contribution in [0.15, 0.2) is 29.4 Å². The average Bonchev–Trinajstić information content (AvgIpc) is 2.26. The third-order valence-corrected chi connectivity index (χ3v) is 1.77. The van der Waals surface area contributed by atoms with Gasteiger partial charge >= 0.3 is 0 Å². The number of methoxy groups -OCH3 is 1. The molecule has 1 N–H and O–H groups in total. The molecule has 1 aromatic rings. The maximum Gasteiger partial charge on any atom is 0.168 e. The van der Waals surface area contributed by atoms with Crippen LogP contribution in [0.3, 0.4) is 0 Å². The first kappa shape index (κ1) is 10.2. The van der Waals surface area contributed by atoms with Crippen LogP contribution in [0.4, 0.5) is 0 Å². The van der Waals surface area contributed by atoms with Gasteiger partial charge in [0.05, 0.1) is 13.3 Å². The van der Waals surface area contributed by atoms with Gasteiger partial charge in [0.1, 0.15) is 5.75 Å². The van der Waals surface area contributed by atoms with E-state index < -0.39 is 0 Å². The number of ketones is 1. The van der Waals surface area contributed by atoms with Crippen molar-refractivity contribution < 1.29 is 14.7 Å². The van der Waals surface area contributed by atoms with Crippen molar-refractivity contribution in [2.75, 3.05) is 7.11 Å². The highest BCUT2D eigenvalue weighted by Gasteiger charge is 2.03. The molecule has 14 heavy (non-hydrogen) atoms. The largest absolute Gasteiger partial charge is 0.497 e. The summed E-state index contributed by atoms with van der Waals surface area (Å²) in [6.45, 7) is 0. The zero-order chi connectivity index (χ0) is 10.4. The fourth-order valence-electron chi connectivity index (χ4n) is 1.02. The van der Waals surface area contributed by atoms with Gasteiger partial charge in [0.2, 0.25) is 0 Å². The smallest absolute Gasteiger partial charge is 0.168 e. The lowest BCUT2D eigenvalue weighted by atomic mass is 10.1. The van der Waals surface area contributed by atoms with E-state index >= 15 is 0 Å². The second-order valence-corrected chi connectivity index (χ2v) is 2.65. The van der Waals surface area contributed by atoms with Gasteiger partial charge < -0.3 is 9.94 Å². The molecular weight excluding hydrogens is 182 g/mol. The zero-order valence-electron chi connectivity index (χ0n) is 7.80. The van der Waals surface area contributed by atoms with Gasteiger partial charge in [-0.2, -0.15) is 0 Å². The van der Waals surface area contributed by atoms with E-state index in [4.69, 9.17) is 9.94 Å². The minimum Gasteiger partial charge on any atom is -0.497 e. The number of oxime groups is 1. The van der Waals surface area contributed by atoms with Crippen molar-refractivity contribution in [3.8, 4) is 5.75 Å². The molecule has 0 unspecified atom stereocenters. The van der Waals surface area contributed by atoms with Crippen LogP contribution in [-0.4, -0.2) is 24.3 Å². The molecule has 0 aliphatic carbocycles. The van der Waals surface area contributed by atoms with Crippen molar-refractivity contribution in [2.24, 2.45) is 5.16 Å². The summed E-state index contributed by atoms with van der Waals surface area (Å²) in [6.07, 6.45) is 1.26. The van der Waals surface area contributed by atoms with Crippen LogP contribution in [0.25, 0.3) is 0 Å². The van der Waals surface area contributed by atoms with Crippen molar-refractivity contribution in [3.05, 3.63) is 29.8 Å². The van der Waals surface area contributed by atoms with Crippen LogP contribution < -0.4 is 4.74 Å². The van der Waals surface area contributed by atoms with Gasteiger partial charge in [-0.05, 0) is 24.3 Å². The lowest BCUT2D eigenvalue weighted by molar-refractivity contribution is 0.100. The molecule has 4 nitrogen and oxygen atoms in total. The lowest BCUT2D eigenvalue weighted by Gasteiger charge is -2.00. The van der Waals surface area contributed by atoms with Crippen molar-refractivity contribution in [3.63, 3.8) is 0 Å². The van der Waals surface area contributed by atoms with Crippen LogP contribution in [0, 0.1) is 0 Å². The first-order chi connectivity index (χ1) is 6.77. The number of hydrogen-bond donors (Lipinski definition) is 1. The summed E-state index contributed by atoms with van der Waals surface area (Å²) in [7, 11) is 1.56. The van der Waals surface area contributed by atoms with Crippen LogP contribution in [0.5, 0.6) is 5.75 Å². The van der Waals surface area contributed by atoms with Crippen LogP contribution >= 0.6 is 0 Å². The first-order valence-corrected chi connectivity index (χ1v) is 4.11. The molecule has 1 aromatic carbocycles. The third kappa shape index (κ3) is 2.58. The minimum atomic E-state index is -0.0922. The average molecular weight is 193 g/mol. The van der Waals surface area contributed by atoms with E-state index in [1.807, 2.05) is 0 Å². The number of Topliss-reactive ketones (excluding diaryl/α,β-unsaturated/α-hetero) is 1. The molecule has 0 spiro atoms. The van der Waals surface area contributed by atoms with Gasteiger partial charge in [-0.1, -0.05) is 0 Å². The second-order valence-electron chi connectivity index (χ2n) is 2.65. The maximum absolute atomic E-state index is 11.4. The number of carbonyl (C=O) groups is 1. The standard InChI is InChI=1S/C10H11NO3/c1-14-9-4-2-8(3-5-9)10(12)6-7-11-13/h2-5,7,13H,6H2,1H3/b11-7+. The summed E-state index contributed by atoms with van der Waals surface area (Å²) in [5, 5.41) is 10.9. The molecule has 0 amide bonds. The first-order valence-electron chi connectivity index (χ1n) is 4.11. The van der Waals surface area contributed by atoms with Gasteiger partial charge in [0, 0.05) is 12.0 Å². The highest BCUT2D eigenvalue weighted by molar-refractivity contribution is 6.03. The SMILES string of the molecule is COc1ccc(C(=O)C/C=N/O)cc1. The highest BCUT2D eigenvalue weighted by Crippen LogP contribution is 2.12. The molecule has 0 bridgehead atoms. The quantitative estimate of drug-likeness (QED) is 0.343. The lowest BCUT2D eigenvalue weighted by Crippen LogP contribution is -1.99. The molecule has 4 heteroatoms. The van der Waals surface area contributed by atoms with E-state index in [2.05, 4.69) is 5.16 Å². The Labute approximate surface area is 81.8 Å². The second kappa shape index (κ2) is 5.01. The zero-order valence-corrected chi connectivity index (χ0v) is 7.80. The molecule has 0 aromatic heterocycles. The van der Waals surface area contributed by atoms with E-state index in [9.17, 15) is 4.79 Å². The Morgan fingerprint density at radius 1 is 1.50 bits per heavy atom. The number of rotatable bonds is 4. The Morgan fingerprint density at radius 3 is 2.64 bits per heavy atom. The normalized spacial score (nSPS) is 10.4. The monoisotopic (exact) mass is 193 g/mol. The van der Waals surface area contributed by atoms with Crippen molar-refractivity contribution >= 4 is 12.0 Å². The van der Waals surface area contributed by atoms with Crippen LogP contribution in [0.2, 0.25) is 0 Å². The van der Waals surface area contributed by atoms with Gasteiger partial charge in [-0.15, -0.1) is 5.16 Å². The van der Waals surface area contributed by atoms with E-state index in [1.165, 1.54) is 0 Å². The molecule has 0 saturated carbocycles. The summed E-state index contributed by atoms with van der Waals surface area (Å²) < 4.78 is 4.95. The van der Waals surface area contributed by atoms with Gasteiger partial charge in [-0.25, -0.2) is 0 Å². The van der Waals surface area contributed by atoms with Gasteiger partial charge in [0.25, 0.3) is 0 Å². The molecule has 0 aliphatic rings. The minimum absolute atomic E-state index is 0.0922. The van der Waals surface area contributed by atoms with Crippen molar-refractivity contribution in [2.45, 2.75) is 6.42 Å². The summed E-state index contributed by atoms with van der Waals surface area (Å²) in [5.74, 6) is 0.614. The number of nitrogens with zero attached hydrogens (tertiary/aromatic N) is 1. The Morgan fingerprint density at radius 2 is 2.14 bits per heavy atom. The molecule has 0 fully saturated rings. The van der Waals surface area contributed by atoms with E-state index in [0.29, 0.717) is 11.3 Å². The molecular formula is C10H11NO3. The number of ether oxygens (including phenoxy) is 1. The predicted octanol–water partition coefficient (Wildman–Crippen LogP) is 1.73.